The summed E-state index contributed by atoms with van der Waals surface area (Å²) >= 11 is 1.90. The van der Waals surface area contributed by atoms with Crippen LogP contribution in [0.1, 0.15) is 12.0 Å². The molecule has 0 amide bonds. The number of benzene rings is 2. The summed E-state index contributed by atoms with van der Waals surface area (Å²) in [5.41, 5.74) is 5.26. The van der Waals surface area contributed by atoms with Crippen molar-refractivity contribution in [2.24, 2.45) is 0 Å². The molecule has 0 spiro atoms. The molecule has 2 aliphatic rings. The molecule has 1 aliphatic carbocycles. The van der Waals surface area contributed by atoms with Crippen molar-refractivity contribution in [3.8, 4) is 0 Å². The van der Waals surface area contributed by atoms with E-state index >= 15 is 0 Å². The first kappa shape index (κ1) is 11.5. The largest absolute Gasteiger partial charge is 0.354 e. The van der Waals surface area contributed by atoms with Gasteiger partial charge in [0.25, 0.3) is 0 Å². The zero-order valence-corrected chi connectivity index (χ0v) is 12.2. The third-order valence-corrected chi connectivity index (χ3v) is 5.44. The molecule has 21 heavy (non-hydrogen) atoms. The number of para-hydroxylation sites is 1. The Hall–Kier alpha value is -2.19. The molecule has 0 saturated carbocycles. The molecule has 1 N–H and O–H groups in total. The summed E-state index contributed by atoms with van der Waals surface area (Å²) in [6, 6.07) is 13.0. The zero-order chi connectivity index (χ0) is 13.8. The van der Waals surface area contributed by atoms with Crippen molar-refractivity contribution in [3.05, 3.63) is 70.7 Å². The highest BCUT2D eigenvalue weighted by molar-refractivity contribution is 8.03. The van der Waals surface area contributed by atoms with Gasteiger partial charge in [-0.15, -0.1) is 0 Å². The van der Waals surface area contributed by atoms with Gasteiger partial charge >= 0.3 is 0 Å². The van der Waals surface area contributed by atoms with Crippen molar-refractivity contribution in [1.82, 2.24) is 4.98 Å². The highest BCUT2D eigenvalue weighted by Gasteiger charge is 2.20. The van der Waals surface area contributed by atoms with E-state index in [9.17, 15) is 0 Å². The van der Waals surface area contributed by atoms with E-state index in [-0.39, 0.29) is 0 Å². The van der Waals surface area contributed by atoms with Crippen LogP contribution in [0.15, 0.2) is 70.0 Å². The van der Waals surface area contributed by atoms with Gasteiger partial charge in [-0.25, -0.2) is 0 Å². The van der Waals surface area contributed by atoms with Crippen LogP contribution < -0.4 is 0 Å². The maximum Gasteiger partial charge on any atom is 0.0471 e. The highest BCUT2D eigenvalue weighted by Crippen LogP contribution is 2.46. The van der Waals surface area contributed by atoms with Gasteiger partial charge < -0.3 is 4.98 Å². The number of nitrogens with one attached hydrogen (secondary N) is 1. The van der Waals surface area contributed by atoms with Crippen molar-refractivity contribution in [2.75, 3.05) is 0 Å². The maximum absolute atomic E-state index is 3.53. The lowest BCUT2D eigenvalue weighted by Gasteiger charge is -2.20. The zero-order valence-electron chi connectivity index (χ0n) is 11.4. The molecule has 0 bridgehead atoms. The van der Waals surface area contributed by atoms with E-state index in [1.165, 1.54) is 42.7 Å². The Kier molecular flexibility index (Phi) is 2.27. The van der Waals surface area contributed by atoms with Crippen LogP contribution in [0.25, 0.3) is 27.9 Å². The Morgan fingerprint density at radius 3 is 2.95 bits per heavy atom. The summed E-state index contributed by atoms with van der Waals surface area (Å²) in [7, 11) is 0. The molecule has 5 rings (SSSR count). The van der Waals surface area contributed by atoms with Gasteiger partial charge in [0.1, 0.15) is 0 Å². The summed E-state index contributed by atoms with van der Waals surface area (Å²) in [6.07, 6.45) is 10.0. The number of allylic oxidation sites excluding steroid dienone is 4. The fourth-order valence-corrected chi connectivity index (χ4v) is 4.33. The second-order valence-electron chi connectivity index (χ2n) is 5.51. The summed E-state index contributed by atoms with van der Waals surface area (Å²) in [6.45, 7) is 0. The normalized spacial score (nSPS) is 16.6. The van der Waals surface area contributed by atoms with Gasteiger partial charge in [-0.3, -0.25) is 0 Å². The molecule has 0 saturated heterocycles. The first-order valence-electron chi connectivity index (χ1n) is 7.19. The van der Waals surface area contributed by atoms with Crippen LogP contribution in [0, 0.1) is 0 Å². The molecule has 1 aliphatic heterocycles. The monoisotopic (exact) mass is 287 g/mol. The fourth-order valence-electron chi connectivity index (χ4n) is 3.26. The van der Waals surface area contributed by atoms with E-state index in [0.717, 1.165) is 6.42 Å². The minimum atomic E-state index is 1.04. The lowest BCUT2D eigenvalue weighted by molar-refractivity contribution is 1.25. The molecule has 1 aromatic heterocycles. The van der Waals surface area contributed by atoms with E-state index in [4.69, 9.17) is 0 Å². The number of hydrogen-bond acceptors (Lipinski definition) is 1. The van der Waals surface area contributed by atoms with Crippen molar-refractivity contribution < 1.29 is 0 Å². The molecule has 2 heterocycles. The minimum absolute atomic E-state index is 1.04. The molecule has 2 aromatic carbocycles. The van der Waals surface area contributed by atoms with E-state index in [1.54, 1.807) is 0 Å². The molecule has 0 fully saturated rings. The number of thioether (sulfide) groups is 1. The Morgan fingerprint density at radius 1 is 1.00 bits per heavy atom. The lowest BCUT2D eigenvalue weighted by Crippen LogP contribution is -1.96. The van der Waals surface area contributed by atoms with Crippen LogP contribution in [-0.4, -0.2) is 4.98 Å². The van der Waals surface area contributed by atoms with Crippen LogP contribution in [0.5, 0.6) is 0 Å². The second kappa shape index (κ2) is 4.15. The van der Waals surface area contributed by atoms with Gasteiger partial charge in [-0.05, 0) is 47.9 Å². The number of aromatic nitrogens is 1. The number of aromatic amines is 1. The predicted molar refractivity (Wildman–Crippen MR) is 91.5 cm³/mol. The van der Waals surface area contributed by atoms with Gasteiger partial charge in [0, 0.05) is 31.6 Å². The quantitative estimate of drug-likeness (QED) is 0.564. The summed E-state index contributed by atoms with van der Waals surface area (Å²) in [4.78, 5) is 6.28. The molecule has 0 radical (unpaired) electrons. The maximum atomic E-state index is 3.53. The molecule has 2 heteroatoms. The first-order valence-corrected chi connectivity index (χ1v) is 8.01. The standard InChI is InChI=1S/C19H13NS/c1-4-8-17-12(5-1)11-14-18(21-17)10-9-16-19(14)13-6-2-3-7-15(13)20-16/h1-4,6-11,20H,5H2. The summed E-state index contributed by atoms with van der Waals surface area (Å²) in [5.74, 6) is 0. The van der Waals surface area contributed by atoms with E-state index < -0.39 is 0 Å². The third-order valence-electron chi connectivity index (χ3n) is 4.25. The number of fused-ring (bicyclic) bond motifs is 6. The van der Waals surface area contributed by atoms with Crippen LogP contribution in [-0.2, 0) is 0 Å². The lowest BCUT2D eigenvalue weighted by atomic mass is 9.99. The molecular formula is C19H13NS. The average Bonchev–Trinajstić information content (AvgIpc) is 2.92. The first-order chi connectivity index (χ1) is 10.4. The van der Waals surface area contributed by atoms with Gasteiger partial charge in [0.15, 0.2) is 0 Å². The SMILES string of the molecule is C1=CCC2=Cc3c(ccc4[nH]c5ccccc5c34)SC2=C1. The molecule has 0 unspecified atom stereocenters. The molecule has 100 valence electrons. The van der Waals surface area contributed by atoms with Crippen molar-refractivity contribution in [2.45, 2.75) is 11.3 Å². The Bertz CT molecular complexity index is 985. The smallest absolute Gasteiger partial charge is 0.0471 e. The van der Waals surface area contributed by atoms with Crippen LogP contribution >= 0.6 is 11.8 Å². The molecule has 1 nitrogen and oxygen atoms in total. The Balaban J connectivity index is 1.90. The van der Waals surface area contributed by atoms with Gasteiger partial charge in [-0.2, -0.15) is 0 Å². The fraction of sp³-hybridized carbons (Fsp3) is 0.0526. The van der Waals surface area contributed by atoms with Crippen LogP contribution in [0.2, 0.25) is 0 Å². The average molecular weight is 287 g/mol. The highest BCUT2D eigenvalue weighted by atomic mass is 32.2. The summed E-state index contributed by atoms with van der Waals surface area (Å²) < 4.78 is 0. The number of rotatable bonds is 0. The summed E-state index contributed by atoms with van der Waals surface area (Å²) in [5, 5.41) is 2.68. The van der Waals surface area contributed by atoms with Crippen molar-refractivity contribution >= 4 is 39.6 Å². The van der Waals surface area contributed by atoms with Gasteiger partial charge in [0.05, 0.1) is 0 Å². The minimum Gasteiger partial charge on any atom is -0.354 e. The number of H-pyrrole nitrogens is 1. The molecule has 3 aromatic rings. The van der Waals surface area contributed by atoms with Gasteiger partial charge in [-0.1, -0.05) is 42.1 Å². The van der Waals surface area contributed by atoms with E-state index in [1.807, 2.05) is 11.8 Å². The van der Waals surface area contributed by atoms with Crippen molar-refractivity contribution in [3.63, 3.8) is 0 Å². The topological polar surface area (TPSA) is 15.8 Å². The van der Waals surface area contributed by atoms with Gasteiger partial charge in [0.2, 0.25) is 0 Å². The van der Waals surface area contributed by atoms with Crippen LogP contribution in [0.4, 0.5) is 0 Å². The predicted octanol–water partition coefficient (Wildman–Crippen LogP) is 5.65. The Labute approximate surface area is 127 Å². The van der Waals surface area contributed by atoms with E-state index in [0.29, 0.717) is 0 Å². The molecule has 0 atom stereocenters. The van der Waals surface area contributed by atoms with E-state index in [2.05, 4.69) is 65.7 Å². The van der Waals surface area contributed by atoms with Crippen LogP contribution in [0.3, 0.4) is 0 Å². The van der Waals surface area contributed by atoms with Crippen molar-refractivity contribution in [1.29, 1.82) is 0 Å². The Morgan fingerprint density at radius 2 is 1.95 bits per heavy atom. The molecular weight excluding hydrogens is 274 g/mol. The number of hydrogen-bond donors (Lipinski definition) is 1. The third kappa shape index (κ3) is 1.60. The second-order valence-corrected chi connectivity index (χ2v) is 6.59.